The maximum Gasteiger partial charge on any atom is 0.311 e. The highest BCUT2D eigenvalue weighted by Gasteiger charge is 2.35. The van der Waals surface area contributed by atoms with Crippen molar-refractivity contribution in [3.05, 3.63) is 28.3 Å². The van der Waals surface area contributed by atoms with E-state index in [1.165, 1.54) is 18.9 Å². The lowest BCUT2D eigenvalue weighted by Gasteiger charge is -2.09. The fraction of sp³-hybridized carbons (Fsp3) is 0.538. The monoisotopic (exact) mass is 250 g/mol. The Hall–Kier alpha value is -1.78. The molecule has 1 N–H and O–H groups in total. The molecular weight excluding hydrogens is 232 g/mol. The lowest BCUT2D eigenvalue weighted by molar-refractivity contribution is -0.385. The molecule has 1 saturated carbocycles. The lowest BCUT2D eigenvalue weighted by atomic mass is 10.2. The number of hydrogen-bond donors (Lipinski definition) is 1. The molecule has 2 rings (SSSR count). The molecule has 18 heavy (non-hydrogen) atoms. The number of nitro groups is 1. The molecular formula is C13H18N2O3. The van der Waals surface area contributed by atoms with Crippen LogP contribution in [0.4, 0.5) is 11.4 Å². The molecule has 0 radical (unpaired) electrons. The van der Waals surface area contributed by atoms with Crippen molar-refractivity contribution in [3.8, 4) is 5.75 Å². The molecule has 5 heteroatoms. The lowest BCUT2D eigenvalue weighted by Crippen LogP contribution is -2.05. The minimum atomic E-state index is -0.416. The third-order valence-electron chi connectivity index (χ3n) is 3.26. The number of benzene rings is 1. The molecule has 1 aliphatic rings. The van der Waals surface area contributed by atoms with Gasteiger partial charge in [-0.15, -0.1) is 0 Å². The predicted molar refractivity (Wildman–Crippen MR) is 70.1 cm³/mol. The summed E-state index contributed by atoms with van der Waals surface area (Å²) in [6.45, 7) is 4.41. The van der Waals surface area contributed by atoms with Crippen LogP contribution in [0.3, 0.4) is 0 Å². The summed E-state index contributed by atoms with van der Waals surface area (Å²) in [6, 6.07) is 5.46. The first-order valence-corrected chi connectivity index (χ1v) is 6.33. The Morgan fingerprint density at radius 1 is 1.50 bits per heavy atom. The summed E-state index contributed by atoms with van der Waals surface area (Å²) in [4.78, 5) is 10.4. The summed E-state index contributed by atoms with van der Waals surface area (Å²) in [7, 11) is 0. The van der Waals surface area contributed by atoms with Gasteiger partial charge in [0.15, 0.2) is 5.75 Å². The van der Waals surface area contributed by atoms with Gasteiger partial charge in [0.05, 0.1) is 11.5 Å². The molecule has 0 heterocycles. The highest BCUT2D eigenvalue weighted by Crippen LogP contribution is 2.38. The highest BCUT2D eigenvalue weighted by molar-refractivity contribution is 5.58. The van der Waals surface area contributed by atoms with Crippen LogP contribution in [0, 0.1) is 16.0 Å². The molecule has 2 atom stereocenters. The zero-order valence-electron chi connectivity index (χ0n) is 10.7. The first kappa shape index (κ1) is 12.7. The van der Waals surface area contributed by atoms with Crippen LogP contribution in [-0.4, -0.2) is 17.6 Å². The molecule has 2 unspecified atom stereocenters. The molecule has 5 nitrogen and oxygen atoms in total. The van der Waals surface area contributed by atoms with Gasteiger partial charge in [-0.25, -0.2) is 0 Å². The summed E-state index contributed by atoms with van der Waals surface area (Å²) in [5.41, 5.74) is 0.912. The Balaban J connectivity index is 2.12. The van der Waals surface area contributed by atoms with Gasteiger partial charge in [0.1, 0.15) is 0 Å². The van der Waals surface area contributed by atoms with Crippen molar-refractivity contribution in [1.29, 1.82) is 0 Å². The number of anilines is 1. The topological polar surface area (TPSA) is 64.4 Å². The molecule has 0 aromatic heterocycles. The van der Waals surface area contributed by atoms with Crippen LogP contribution in [0.15, 0.2) is 18.2 Å². The van der Waals surface area contributed by atoms with E-state index in [1.807, 2.05) is 6.92 Å². The van der Waals surface area contributed by atoms with E-state index in [1.54, 1.807) is 12.1 Å². The molecule has 1 aliphatic carbocycles. The van der Waals surface area contributed by atoms with Crippen LogP contribution in [0.1, 0.15) is 26.7 Å². The van der Waals surface area contributed by atoms with Gasteiger partial charge in [-0.1, -0.05) is 13.3 Å². The van der Waals surface area contributed by atoms with Crippen LogP contribution >= 0.6 is 0 Å². The molecule has 0 bridgehead atoms. The van der Waals surface area contributed by atoms with Crippen molar-refractivity contribution in [3.63, 3.8) is 0 Å². The Kier molecular flexibility index (Phi) is 3.69. The number of nitro benzene ring substituents is 1. The third-order valence-corrected chi connectivity index (χ3v) is 3.26. The van der Waals surface area contributed by atoms with Gasteiger partial charge >= 0.3 is 5.69 Å². The van der Waals surface area contributed by atoms with Crippen molar-refractivity contribution < 1.29 is 9.66 Å². The Bertz CT molecular complexity index is 448. The highest BCUT2D eigenvalue weighted by atomic mass is 16.6. The third kappa shape index (κ3) is 2.72. The second-order valence-corrected chi connectivity index (χ2v) is 4.53. The van der Waals surface area contributed by atoms with Gasteiger partial charge in [0, 0.05) is 23.9 Å². The molecule has 98 valence electrons. The fourth-order valence-electron chi connectivity index (χ4n) is 2.12. The van der Waals surface area contributed by atoms with Crippen molar-refractivity contribution in [2.45, 2.75) is 32.7 Å². The maximum atomic E-state index is 10.8. The maximum absolute atomic E-state index is 10.8. The first-order valence-electron chi connectivity index (χ1n) is 6.33. The van der Waals surface area contributed by atoms with Gasteiger partial charge < -0.3 is 10.1 Å². The normalized spacial score (nSPS) is 21.4. The molecule has 0 amide bonds. The molecule has 0 saturated heterocycles. The minimum absolute atomic E-state index is 0.0187. The minimum Gasteiger partial charge on any atom is -0.487 e. The summed E-state index contributed by atoms with van der Waals surface area (Å²) in [5.74, 6) is 1.07. The van der Waals surface area contributed by atoms with Gasteiger partial charge in [-0.2, -0.15) is 0 Å². The summed E-state index contributed by atoms with van der Waals surface area (Å²) < 4.78 is 5.31. The number of nitrogens with zero attached hydrogens (tertiary/aromatic N) is 1. The van der Waals surface area contributed by atoms with Crippen molar-refractivity contribution in [2.75, 3.05) is 11.9 Å². The quantitative estimate of drug-likeness (QED) is 0.622. The van der Waals surface area contributed by atoms with E-state index in [4.69, 9.17) is 4.74 Å². The van der Waals surface area contributed by atoms with Crippen LogP contribution in [0.25, 0.3) is 0 Å². The van der Waals surface area contributed by atoms with Crippen molar-refractivity contribution in [2.24, 2.45) is 5.92 Å². The van der Waals surface area contributed by atoms with E-state index in [-0.39, 0.29) is 5.69 Å². The van der Waals surface area contributed by atoms with Crippen molar-refractivity contribution >= 4 is 11.4 Å². The van der Waals surface area contributed by atoms with Crippen LogP contribution in [0.5, 0.6) is 5.75 Å². The van der Waals surface area contributed by atoms with Gasteiger partial charge in [-0.3, -0.25) is 10.1 Å². The Labute approximate surface area is 106 Å². The van der Waals surface area contributed by atoms with Crippen LogP contribution < -0.4 is 10.1 Å². The number of rotatable bonds is 6. The molecule has 1 fully saturated rings. The van der Waals surface area contributed by atoms with Gasteiger partial charge in [0.25, 0.3) is 0 Å². The standard InChI is InChI=1S/C13H18N2O3/c1-3-9-7-11(9)14-10-5-6-12(15(16)17)13(8-10)18-4-2/h5-6,8-9,11,14H,3-4,7H2,1-2H3. The number of hydrogen-bond acceptors (Lipinski definition) is 4. The second-order valence-electron chi connectivity index (χ2n) is 4.53. The Morgan fingerprint density at radius 2 is 2.28 bits per heavy atom. The number of nitrogens with one attached hydrogen (secondary N) is 1. The van der Waals surface area contributed by atoms with E-state index in [9.17, 15) is 10.1 Å². The van der Waals surface area contributed by atoms with Gasteiger partial charge in [0.2, 0.25) is 0 Å². The van der Waals surface area contributed by atoms with E-state index >= 15 is 0 Å². The van der Waals surface area contributed by atoms with E-state index in [2.05, 4.69) is 12.2 Å². The zero-order chi connectivity index (χ0) is 13.1. The summed E-state index contributed by atoms with van der Waals surface area (Å²) in [5, 5.41) is 14.2. The first-order chi connectivity index (χ1) is 8.65. The van der Waals surface area contributed by atoms with Gasteiger partial charge in [-0.05, 0) is 25.3 Å². The predicted octanol–water partition coefficient (Wildman–Crippen LogP) is 3.20. The summed E-state index contributed by atoms with van der Waals surface area (Å²) >= 11 is 0. The summed E-state index contributed by atoms with van der Waals surface area (Å²) in [6.07, 6.45) is 2.35. The van der Waals surface area contributed by atoms with Crippen molar-refractivity contribution in [1.82, 2.24) is 0 Å². The molecule has 1 aromatic carbocycles. The Morgan fingerprint density at radius 3 is 2.83 bits per heavy atom. The average Bonchev–Trinajstić information content (AvgIpc) is 3.08. The second kappa shape index (κ2) is 5.25. The smallest absolute Gasteiger partial charge is 0.311 e. The molecule has 1 aromatic rings. The van der Waals surface area contributed by atoms with Crippen LogP contribution in [-0.2, 0) is 0 Å². The SMILES string of the molecule is CCOc1cc(NC2CC2CC)ccc1[N+](=O)[O-]. The number of ether oxygens (including phenoxy) is 1. The largest absolute Gasteiger partial charge is 0.487 e. The van der Waals surface area contributed by atoms with E-state index in [0.717, 1.165) is 11.6 Å². The fourth-order valence-corrected chi connectivity index (χ4v) is 2.12. The zero-order valence-corrected chi connectivity index (χ0v) is 10.7. The molecule has 0 spiro atoms. The van der Waals surface area contributed by atoms with Crippen LogP contribution in [0.2, 0.25) is 0 Å². The average molecular weight is 250 g/mol. The van der Waals surface area contributed by atoms with E-state index in [0.29, 0.717) is 18.4 Å². The van der Waals surface area contributed by atoms with E-state index < -0.39 is 4.92 Å². The molecule has 0 aliphatic heterocycles.